The summed E-state index contributed by atoms with van der Waals surface area (Å²) < 4.78 is 5.04. The number of carbonyl (C=O) groups excluding carboxylic acids is 2. The van der Waals surface area contributed by atoms with Gasteiger partial charge in [0, 0.05) is 42.9 Å². The molecule has 2 aliphatic rings. The molecule has 0 aromatic carbocycles. The number of fused-ring (bicyclic) bond motifs is 1. The van der Waals surface area contributed by atoms with Crippen LogP contribution in [0.3, 0.4) is 0 Å². The van der Waals surface area contributed by atoms with Crippen molar-refractivity contribution in [3.05, 3.63) is 34.6 Å². The Hall–Kier alpha value is -2.77. The smallest absolute Gasteiger partial charge is 0.276 e. The molecular weight excluding hydrogens is 346 g/mol. The molecule has 0 N–H and O–H groups in total. The fraction of sp³-hybridized carbons (Fsp3) is 0.526. The quantitative estimate of drug-likeness (QED) is 0.801. The summed E-state index contributed by atoms with van der Waals surface area (Å²) in [5.41, 5.74) is 1.69. The molecule has 4 heterocycles. The van der Waals surface area contributed by atoms with Gasteiger partial charge in [0.15, 0.2) is 5.69 Å². The first-order chi connectivity index (χ1) is 12.8. The molecule has 142 valence electrons. The molecule has 2 amide bonds. The summed E-state index contributed by atoms with van der Waals surface area (Å²) in [4.78, 5) is 37.7. The second-order valence-corrected chi connectivity index (χ2v) is 7.78. The Kier molecular flexibility index (Phi) is 4.01. The van der Waals surface area contributed by atoms with E-state index in [1.807, 2.05) is 6.92 Å². The van der Waals surface area contributed by atoms with Crippen molar-refractivity contribution < 1.29 is 14.1 Å². The molecule has 0 radical (unpaired) electrons. The van der Waals surface area contributed by atoms with Crippen molar-refractivity contribution in [1.82, 2.24) is 20.0 Å². The minimum absolute atomic E-state index is 0.0338. The maximum Gasteiger partial charge on any atom is 0.276 e. The SMILES string of the molecule is Cc1cc(C(=O)N2CCC[C@](C)(c3nc(C)c4c(n3)N(C)C(=O)C4)C2)no1. The molecule has 0 saturated carbocycles. The van der Waals surface area contributed by atoms with Crippen molar-refractivity contribution in [3.8, 4) is 0 Å². The van der Waals surface area contributed by atoms with Crippen LogP contribution in [-0.2, 0) is 16.6 Å². The van der Waals surface area contributed by atoms with Crippen molar-refractivity contribution in [1.29, 1.82) is 0 Å². The van der Waals surface area contributed by atoms with E-state index in [0.717, 1.165) is 24.1 Å². The van der Waals surface area contributed by atoms with Crippen molar-refractivity contribution in [3.63, 3.8) is 0 Å². The standard InChI is InChI=1S/C19H23N5O3/c1-11-8-14(22-27-11)17(26)24-7-5-6-19(3,10-24)18-20-12(2)13-9-15(25)23(4)16(13)21-18/h8H,5-7,9-10H2,1-4H3/t19-/m0/s1. The van der Waals surface area contributed by atoms with Crippen LogP contribution in [0.1, 0.15) is 53.1 Å². The minimum Gasteiger partial charge on any atom is -0.361 e. The van der Waals surface area contributed by atoms with E-state index in [0.29, 0.717) is 42.6 Å². The number of nitrogens with zero attached hydrogens (tertiary/aromatic N) is 5. The normalized spacial score (nSPS) is 22.3. The fourth-order valence-electron chi connectivity index (χ4n) is 3.95. The number of amides is 2. The van der Waals surface area contributed by atoms with E-state index in [1.165, 1.54) is 0 Å². The van der Waals surface area contributed by atoms with Gasteiger partial charge in [-0.2, -0.15) is 0 Å². The highest BCUT2D eigenvalue weighted by Gasteiger charge is 2.40. The van der Waals surface area contributed by atoms with Crippen LogP contribution in [0, 0.1) is 13.8 Å². The van der Waals surface area contributed by atoms with Gasteiger partial charge in [-0.05, 0) is 26.7 Å². The largest absolute Gasteiger partial charge is 0.361 e. The highest BCUT2D eigenvalue weighted by Crippen LogP contribution is 2.36. The first-order valence-electron chi connectivity index (χ1n) is 9.16. The lowest BCUT2D eigenvalue weighted by Gasteiger charge is -2.39. The molecule has 4 rings (SSSR count). The van der Waals surface area contributed by atoms with Crippen molar-refractivity contribution in [2.75, 3.05) is 25.0 Å². The summed E-state index contributed by atoms with van der Waals surface area (Å²) in [6.07, 6.45) is 2.09. The van der Waals surface area contributed by atoms with Crippen LogP contribution in [0.5, 0.6) is 0 Å². The van der Waals surface area contributed by atoms with Crippen LogP contribution in [0.25, 0.3) is 0 Å². The van der Waals surface area contributed by atoms with E-state index >= 15 is 0 Å². The van der Waals surface area contributed by atoms with Crippen LogP contribution in [0.4, 0.5) is 5.82 Å². The van der Waals surface area contributed by atoms with Gasteiger partial charge in [0.1, 0.15) is 17.4 Å². The number of likely N-dealkylation sites (N-methyl/N-ethyl adjacent to an activating group) is 1. The maximum atomic E-state index is 12.8. The Morgan fingerprint density at radius 1 is 1.30 bits per heavy atom. The number of hydrogen-bond donors (Lipinski definition) is 0. The summed E-state index contributed by atoms with van der Waals surface area (Å²) >= 11 is 0. The molecule has 8 nitrogen and oxygen atoms in total. The third-order valence-corrected chi connectivity index (χ3v) is 5.58. The van der Waals surface area contributed by atoms with Crippen molar-refractivity contribution in [2.24, 2.45) is 0 Å². The summed E-state index contributed by atoms with van der Waals surface area (Å²) in [6.45, 7) is 6.95. The molecule has 2 aromatic heterocycles. The van der Waals surface area contributed by atoms with E-state index in [2.05, 4.69) is 12.1 Å². The lowest BCUT2D eigenvalue weighted by atomic mass is 9.80. The summed E-state index contributed by atoms with van der Waals surface area (Å²) in [6, 6.07) is 1.66. The lowest BCUT2D eigenvalue weighted by Crippen LogP contribution is -2.48. The molecule has 27 heavy (non-hydrogen) atoms. The van der Waals surface area contributed by atoms with E-state index in [9.17, 15) is 9.59 Å². The van der Waals surface area contributed by atoms with Gasteiger partial charge in [-0.3, -0.25) is 14.5 Å². The van der Waals surface area contributed by atoms with Gasteiger partial charge in [-0.25, -0.2) is 9.97 Å². The number of likely N-dealkylation sites (tertiary alicyclic amines) is 1. The van der Waals surface area contributed by atoms with Gasteiger partial charge >= 0.3 is 0 Å². The monoisotopic (exact) mass is 369 g/mol. The Morgan fingerprint density at radius 3 is 2.78 bits per heavy atom. The predicted octanol–water partition coefficient (Wildman–Crippen LogP) is 1.79. The molecule has 0 bridgehead atoms. The van der Waals surface area contributed by atoms with Crippen LogP contribution >= 0.6 is 0 Å². The van der Waals surface area contributed by atoms with E-state index < -0.39 is 0 Å². The number of piperidine rings is 1. The molecule has 0 aliphatic carbocycles. The number of hydrogen-bond acceptors (Lipinski definition) is 6. The number of rotatable bonds is 2. The van der Waals surface area contributed by atoms with Gasteiger partial charge in [0.25, 0.3) is 5.91 Å². The van der Waals surface area contributed by atoms with Crippen LogP contribution < -0.4 is 4.90 Å². The third kappa shape index (κ3) is 2.89. The zero-order valence-electron chi connectivity index (χ0n) is 16.1. The number of carbonyl (C=O) groups is 2. The van der Waals surface area contributed by atoms with Crippen LogP contribution in [0.15, 0.2) is 10.6 Å². The van der Waals surface area contributed by atoms with Crippen molar-refractivity contribution in [2.45, 2.75) is 45.4 Å². The maximum absolute atomic E-state index is 12.8. The second kappa shape index (κ2) is 6.14. The van der Waals surface area contributed by atoms with E-state index in [-0.39, 0.29) is 17.2 Å². The lowest BCUT2D eigenvalue weighted by molar-refractivity contribution is -0.117. The number of aryl methyl sites for hydroxylation is 2. The highest BCUT2D eigenvalue weighted by molar-refractivity contribution is 6.00. The van der Waals surface area contributed by atoms with Crippen molar-refractivity contribution >= 4 is 17.6 Å². The molecule has 0 unspecified atom stereocenters. The molecule has 1 saturated heterocycles. The topological polar surface area (TPSA) is 92.4 Å². The average molecular weight is 369 g/mol. The fourth-order valence-corrected chi connectivity index (χ4v) is 3.95. The zero-order valence-corrected chi connectivity index (χ0v) is 16.1. The molecule has 2 aromatic rings. The molecule has 2 aliphatic heterocycles. The molecule has 0 spiro atoms. The number of anilines is 1. The first kappa shape index (κ1) is 17.6. The molecule has 1 atom stereocenters. The Morgan fingerprint density at radius 2 is 2.07 bits per heavy atom. The second-order valence-electron chi connectivity index (χ2n) is 7.78. The summed E-state index contributed by atoms with van der Waals surface area (Å²) in [5.74, 6) is 1.89. The average Bonchev–Trinajstić information content (AvgIpc) is 3.19. The first-order valence-corrected chi connectivity index (χ1v) is 9.16. The Bertz CT molecular complexity index is 937. The number of aromatic nitrogens is 3. The van der Waals surface area contributed by atoms with Crippen LogP contribution in [0.2, 0.25) is 0 Å². The Balaban J connectivity index is 1.64. The molecule has 8 heteroatoms. The Labute approximate surface area is 157 Å². The van der Waals surface area contributed by atoms with Crippen LogP contribution in [-0.4, -0.2) is 52.0 Å². The molecule has 1 fully saturated rings. The van der Waals surface area contributed by atoms with Gasteiger partial charge in [-0.15, -0.1) is 0 Å². The molecular formula is C19H23N5O3. The van der Waals surface area contributed by atoms with E-state index in [1.54, 1.807) is 29.8 Å². The van der Waals surface area contributed by atoms with Gasteiger partial charge in [0.05, 0.1) is 6.42 Å². The van der Waals surface area contributed by atoms with E-state index in [4.69, 9.17) is 14.5 Å². The summed E-state index contributed by atoms with van der Waals surface area (Å²) in [7, 11) is 1.75. The third-order valence-electron chi connectivity index (χ3n) is 5.58. The van der Waals surface area contributed by atoms with Gasteiger partial charge in [0.2, 0.25) is 5.91 Å². The zero-order chi connectivity index (χ0) is 19.3. The van der Waals surface area contributed by atoms with Gasteiger partial charge < -0.3 is 9.42 Å². The minimum atomic E-state index is -0.376. The summed E-state index contributed by atoms with van der Waals surface area (Å²) in [5, 5.41) is 3.85. The highest BCUT2D eigenvalue weighted by atomic mass is 16.5. The van der Waals surface area contributed by atoms with Gasteiger partial charge in [-0.1, -0.05) is 12.1 Å². The predicted molar refractivity (Wildman–Crippen MR) is 97.6 cm³/mol.